The average Bonchev–Trinajstić information content (AvgIpc) is 2.45. The van der Waals surface area contributed by atoms with Gasteiger partial charge in [0.2, 0.25) is 0 Å². The summed E-state index contributed by atoms with van der Waals surface area (Å²) in [5.41, 5.74) is 1.31. The second kappa shape index (κ2) is 5.70. The summed E-state index contributed by atoms with van der Waals surface area (Å²) in [4.78, 5) is 0. The zero-order valence-corrected chi connectivity index (χ0v) is 10.2. The average molecular weight is 264 g/mol. The molecule has 0 bridgehead atoms. The Hall–Kier alpha value is -1.42. The fourth-order valence-electron chi connectivity index (χ4n) is 2.15. The zero-order chi connectivity index (χ0) is 14.0. The van der Waals surface area contributed by atoms with Crippen LogP contribution in [0.2, 0.25) is 0 Å². The van der Waals surface area contributed by atoms with E-state index in [0.717, 1.165) is 0 Å². The SMILES string of the molecule is C#Cc1ccc([C@H]2O[C@H](CO)[C@H](O)[C@H](O)C2O)cc1. The highest BCUT2D eigenvalue weighted by atomic mass is 16.5. The number of terminal acetylenes is 1. The minimum absolute atomic E-state index is 0.441. The maximum absolute atomic E-state index is 9.94. The summed E-state index contributed by atoms with van der Waals surface area (Å²) in [5, 5.41) is 38.4. The number of aliphatic hydroxyl groups excluding tert-OH is 4. The zero-order valence-electron chi connectivity index (χ0n) is 10.2. The first-order valence-electron chi connectivity index (χ1n) is 5.95. The van der Waals surface area contributed by atoms with Crippen LogP contribution in [0.3, 0.4) is 0 Å². The van der Waals surface area contributed by atoms with Crippen molar-refractivity contribution in [3.63, 3.8) is 0 Å². The van der Waals surface area contributed by atoms with E-state index in [9.17, 15) is 15.3 Å². The van der Waals surface area contributed by atoms with Crippen molar-refractivity contribution in [2.24, 2.45) is 0 Å². The number of hydrogen-bond donors (Lipinski definition) is 4. The first-order chi connectivity index (χ1) is 9.08. The third-order valence-corrected chi connectivity index (χ3v) is 3.30. The van der Waals surface area contributed by atoms with Gasteiger partial charge in [0.15, 0.2) is 0 Å². The Kier molecular flexibility index (Phi) is 4.20. The van der Waals surface area contributed by atoms with Gasteiger partial charge in [-0.05, 0) is 17.7 Å². The van der Waals surface area contributed by atoms with Gasteiger partial charge >= 0.3 is 0 Å². The first-order valence-corrected chi connectivity index (χ1v) is 5.95. The predicted molar refractivity (Wildman–Crippen MR) is 67.1 cm³/mol. The van der Waals surface area contributed by atoms with Gasteiger partial charge in [0, 0.05) is 5.56 Å². The lowest BCUT2D eigenvalue weighted by molar-refractivity contribution is -0.231. The molecular formula is C14H16O5. The smallest absolute Gasteiger partial charge is 0.113 e. The highest BCUT2D eigenvalue weighted by molar-refractivity contribution is 5.35. The van der Waals surface area contributed by atoms with Crippen LogP contribution in [0.4, 0.5) is 0 Å². The molecule has 1 heterocycles. The van der Waals surface area contributed by atoms with E-state index in [2.05, 4.69) is 5.92 Å². The topological polar surface area (TPSA) is 90.2 Å². The summed E-state index contributed by atoms with van der Waals surface area (Å²) in [6.07, 6.45) is -0.458. The molecule has 5 nitrogen and oxygen atoms in total. The Morgan fingerprint density at radius 2 is 1.68 bits per heavy atom. The second-order valence-electron chi connectivity index (χ2n) is 4.52. The van der Waals surface area contributed by atoms with Gasteiger partial charge in [-0.15, -0.1) is 6.42 Å². The molecule has 0 spiro atoms. The van der Waals surface area contributed by atoms with E-state index in [4.69, 9.17) is 16.3 Å². The molecule has 5 heteroatoms. The third kappa shape index (κ3) is 2.63. The molecule has 1 fully saturated rings. The van der Waals surface area contributed by atoms with Crippen molar-refractivity contribution in [1.82, 2.24) is 0 Å². The van der Waals surface area contributed by atoms with Crippen molar-refractivity contribution in [3.05, 3.63) is 35.4 Å². The molecule has 1 saturated heterocycles. The molecule has 5 atom stereocenters. The Labute approximate surface area is 111 Å². The third-order valence-electron chi connectivity index (χ3n) is 3.30. The molecule has 1 aromatic carbocycles. The second-order valence-corrected chi connectivity index (χ2v) is 4.52. The van der Waals surface area contributed by atoms with Crippen LogP contribution in [0.5, 0.6) is 0 Å². The Morgan fingerprint density at radius 3 is 2.21 bits per heavy atom. The summed E-state index contributed by atoms with van der Waals surface area (Å²) in [5.74, 6) is 2.47. The lowest BCUT2D eigenvalue weighted by Gasteiger charge is -2.40. The van der Waals surface area contributed by atoms with Gasteiger partial charge in [0.05, 0.1) is 6.61 Å². The maximum atomic E-state index is 9.94. The lowest BCUT2D eigenvalue weighted by atomic mass is 9.91. The minimum atomic E-state index is -1.37. The number of rotatable bonds is 2. The van der Waals surface area contributed by atoms with Gasteiger partial charge in [-0.25, -0.2) is 0 Å². The van der Waals surface area contributed by atoms with Crippen molar-refractivity contribution >= 4 is 0 Å². The van der Waals surface area contributed by atoms with Crippen LogP contribution in [0.1, 0.15) is 17.2 Å². The first kappa shape index (κ1) is 14.0. The van der Waals surface area contributed by atoms with Gasteiger partial charge in [-0.2, -0.15) is 0 Å². The molecule has 102 valence electrons. The van der Waals surface area contributed by atoms with Crippen molar-refractivity contribution in [1.29, 1.82) is 0 Å². The minimum Gasteiger partial charge on any atom is -0.394 e. The fraction of sp³-hybridized carbons (Fsp3) is 0.429. The van der Waals surface area contributed by atoms with E-state index < -0.39 is 37.1 Å². The molecule has 1 aliphatic heterocycles. The highest BCUT2D eigenvalue weighted by Crippen LogP contribution is 2.32. The fourth-order valence-corrected chi connectivity index (χ4v) is 2.15. The monoisotopic (exact) mass is 264 g/mol. The van der Waals surface area contributed by atoms with Crippen molar-refractivity contribution in [2.45, 2.75) is 30.5 Å². The highest BCUT2D eigenvalue weighted by Gasteiger charge is 2.43. The summed E-state index contributed by atoms with van der Waals surface area (Å²) in [6.45, 7) is -0.441. The van der Waals surface area contributed by atoms with Crippen LogP contribution >= 0.6 is 0 Å². The molecule has 2 rings (SSSR count). The van der Waals surface area contributed by atoms with E-state index in [1.807, 2.05) is 0 Å². The quantitative estimate of drug-likeness (QED) is 0.524. The van der Waals surface area contributed by atoms with Gasteiger partial charge < -0.3 is 25.2 Å². The van der Waals surface area contributed by atoms with E-state index in [1.54, 1.807) is 24.3 Å². The van der Waals surface area contributed by atoms with Gasteiger partial charge in [0.1, 0.15) is 30.5 Å². The van der Waals surface area contributed by atoms with Crippen molar-refractivity contribution < 1.29 is 25.2 Å². The maximum Gasteiger partial charge on any atom is 0.113 e. The summed E-state index contributed by atoms with van der Waals surface area (Å²) in [7, 11) is 0. The molecule has 1 unspecified atom stereocenters. The van der Waals surface area contributed by atoms with Gasteiger partial charge in [-0.3, -0.25) is 0 Å². The summed E-state index contributed by atoms with van der Waals surface area (Å²) < 4.78 is 5.43. The summed E-state index contributed by atoms with van der Waals surface area (Å²) >= 11 is 0. The molecule has 0 saturated carbocycles. The molecule has 0 radical (unpaired) electrons. The molecule has 0 amide bonds. The molecule has 4 N–H and O–H groups in total. The molecule has 1 aromatic rings. The molecule has 0 aromatic heterocycles. The predicted octanol–water partition coefficient (Wildman–Crippen LogP) is -0.817. The van der Waals surface area contributed by atoms with Crippen LogP contribution in [-0.2, 0) is 4.74 Å². The van der Waals surface area contributed by atoms with E-state index in [0.29, 0.717) is 11.1 Å². The lowest BCUT2D eigenvalue weighted by Crippen LogP contribution is -2.55. The molecule has 0 aliphatic carbocycles. The number of benzene rings is 1. The van der Waals surface area contributed by atoms with Crippen molar-refractivity contribution in [2.75, 3.05) is 6.61 Å². The largest absolute Gasteiger partial charge is 0.394 e. The summed E-state index contributed by atoms with van der Waals surface area (Å²) in [6, 6.07) is 6.75. The van der Waals surface area contributed by atoms with E-state index in [-0.39, 0.29) is 0 Å². The molecule has 1 aliphatic rings. The van der Waals surface area contributed by atoms with Crippen LogP contribution in [0.15, 0.2) is 24.3 Å². The normalized spacial score (nSPS) is 34.8. The number of ether oxygens (including phenoxy) is 1. The molecular weight excluding hydrogens is 248 g/mol. The Morgan fingerprint density at radius 1 is 1.05 bits per heavy atom. The Bertz CT molecular complexity index is 462. The van der Waals surface area contributed by atoms with E-state index in [1.165, 1.54) is 0 Å². The van der Waals surface area contributed by atoms with Crippen LogP contribution in [0, 0.1) is 12.3 Å². The van der Waals surface area contributed by atoms with Crippen LogP contribution in [-0.4, -0.2) is 51.4 Å². The standard InChI is InChI=1S/C14H16O5/c1-2-8-3-5-9(6-4-8)14-13(18)12(17)11(16)10(7-15)19-14/h1,3-6,10-18H,7H2/t10-,11+,12+,13?,14-/m1/s1. The Balaban J connectivity index is 2.24. The van der Waals surface area contributed by atoms with Crippen LogP contribution in [0.25, 0.3) is 0 Å². The van der Waals surface area contributed by atoms with Gasteiger partial charge in [0.25, 0.3) is 0 Å². The van der Waals surface area contributed by atoms with Gasteiger partial charge in [-0.1, -0.05) is 18.1 Å². The molecule has 19 heavy (non-hydrogen) atoms. The number of aliphatic hydroxyl groups is 4. The number of hydrogen-bond acceptors (Lipinski definition) is 5. The van der Waals surface area contributed by atoms with Crippen molar-refractivity contribution in [3.8, 4) is 12.3 Å². The van der Waals surface area contributed by atoms with E-state index >= 15 is 0 Å². The van der Waals surface area contributed by atoms with Crippen LogP contribution < -0.4 is 0 Å².